The van der Waals surface area contributed by atoms with Crippen molar-refractivity contribution in [3.63, 3.8) is 0 Å². The fraction of sp³-hybridized carbons (Fsp3) is 0.264. The number of carbonyl (C=O) groups excluding carboxylic acids is 4. The predicted molar refractivity (Wildman–Crippen MR) is 279 cm³/mol. The summed E-state index contributed by atoms with van der Waals surface area (Å²) < 4.78 is 69.6. The highest BCUT2D eigenvalue weighted by atomic mass is 32.2. The van der Waals surface area contributed by atoms with Crippen LogP contribution in [0.2, 0.25) is 0 Å². The van der Waals surface area contributed by atoms with Crippen LogP contribution in [0.25, 0.3) is 50.3 Å². The number of ether oxygens (including phenoxy) is 1. The van der Waals surface area contributed by atoms with Gasteiger partial charge in [0.1, 0.15) is 45.6 Å². The summed E-state index contributed by atoms with van der Waals surface area (Å²) in [6.45, 7) is 7.33. The number of anilines is 1. The quantitative estimate of drug-likeness (QED) is 0.0647. The SMILES string of the molecule is COc1ncc(-c2ccc3ncc(-c4nnc(-c5cccc(C(=O)NCCC(=O)N[C@@H](C(=O)N6C[C@H](O)C[C@H]6C(=O)NCc6ccc(-c7scnc7C)cc6)C(C)(C)C)c5)o4)n3c2)cc1NS(=O)(=O)c1ccc(F)cc1F. The molecule has 1 aliphatic heterocycles. The summed E-state index contributed by atoms with van der Waals surface area (Å²) in [5, 5.41) is 27.5. The molecule has 0 unspecified atom stereocenters. The first-order chi connectivity index (χ1) is 36.8. The summed E-state index contributed by atoms with van der Waals surface area (Å²) in [6.07, 6.45) is 3.55. The molecule has 8 aromatic rings. The first-order valence-electron chi connectivity index (χ1n) is 24.0. The molecule has 1 fully saturated rings. The van der Waals surface area contributed by atoms with Crippen molar-refractivity contribution >= 4 is 56.3 Å². The van der Waals surface area contributed by atoms with Gasteiger partial charge < -0.3 is 35.1 Å². The maximum atomic E-state index is 14.5. The van der Waals surface area contributed by atoms with Crippen molar-refractivity contribution in [3.8, 4) is 50.5 Å². The highest BCUT2D eigenvalue weighted by Gasteiger charge is 2.44. The third-order valence-electron chi connectivity index (χ3n) is 12.7. The van der Waals surface area contributed by atoms with Crippen LogP contribution in [0.4, 0.5) is 14.5 Å². The Morgan fingerprint density at radius 3 is 2.39 bits per heavy atom. The highest BCUT2D eigenvalue weighted by molar-refractivity contribution is 7.92. The van der Waals surface area contributed by atoms with E-state index in [1.165, 1.54) is 36.5 Å². The minimum atomic E-state index is -4.54. The fourth-order valence-corrected chi connectivity index (χ4v) is 10.6. The molecule has 0 aliphatic carbocycles. The van der Waals surface area contributed by atoms with Crippen molar-refractivity contribution in [1.82, 2.24) is 50.4 Å². The van der Waals surface area contributed by atoms with Gasteiger partial charge >= 0.3 is 0 Å². The number of imidazole rings is 1. The van der Waals surface area contributed by atoms with Crippen molar-refractivity contribution < 1.29 is 50.6 Å². The average Bonchev–Trinajstić information content (AvgIpc) is 4.25. The molecule has 1 aliphatic rings. The minimum absolute atomic E-state index is 0.0371. The fourth-order valence-electron chi connectivity index (χ4n) is 8.69. The molecule has 0 bridgehead atoms. The molecule has 9 rings (SSSR count). The van der Waals surface area contributed by atoms with Gasteiger partial charge in [-0.2, -0.15) is 0 Å². The molecular formula is C53H51F2N11O9S2. The van der Waals surface area contributed by atoms with Gasteiger partial charge in [0, 0.05) is 73.2 Å². The predicted octanol–water partition coefficient (Wildman–Crippen LogP) is 6.56. The number of halogens is 2. The van der Waals surface area contributed by atoms with Gasteiger partial charge in [0.15, 0.2) is 0 Å². The lowest BCUT2D eigenvalue weighted by atomic mass is 9.85. The number of pyridine rings is 2. The number of sulfonamides is 1. The zero-order chi connectivity index (χ0) is 54.8. The van der Waals surface area contributed by atoms with Gasteiger partial charge in [-0.1, -0.05) is 51.1 Å². The van der Waals surface area contributed by atoms with Crippen molar-refractivity contribution in [2.75, 3.05) is 24.9 Å². The van der Waals surface area contributed by atoms with E-state index < -0.39 is 73.8 Å². The van der Waals surface area contributed by atoms with Crippen molar-refractivity contribution in [2.24, 2.45) is 5.41 Å². The van der Waals surface area contributed by atoms with Crippen molar-refractivity contribution in [1.29, 1.82) is 0 Å². The molecule has 0 saturated carbocycles. The number of benzene rings is 3. The second-order valence-electron chi connectivity index (χ2n) is 19.2. The lowest BCUT2D eigenvalue weighted by Crippen LogP contribution is -2.57. The third kappa shape index (κ3) is 11.8. The molecule has 1 saturated heterocycles. The Bertz CT molecular complexity index is 3660. The molecule has 6 heterocycles. The van der Waals surface area contributed by atoms with E-state index in [1.54, 1.807) is 78.5 Å². The molecule has 20 nitrogen and oxygen atoms in total. The Balaban J connectivity index is 0.813. The standard InChI is InChI=1S/C53H51F2N11O9S2/c1-29-45(76-28-60-29)31-11-9-30(10-12-31)23-58-48(70)40-22-37(67)27-66(40)52(71)46(53(2,3)4)61-44(68)17-18-56-47(69)32-7-6-8-33(19-32)49-62-63-51(75-49)41-25-57-43-16-13-34(26-65(41)43)35-20-39(50(74-5)59-24-35)64-77(72,73)42-15-14-36(54)21-38(42)55/h6-16,19-21,24-26,28,37,40,46,64,67H,17-18,22-23,27H2,1-5H3,(H,56,69)(H,58,70)(H,61,68)/t37-,40+,46+/m1/s1. The molecule has 4 amide bonds. The van der Waals surface area contributed by atoms with Crippen LogP contribution < -0.4 is 25.4 Å². The largest absolute Gasteiger partial charge is 0.480 e. The lowest BCUT2D eigenvalue weighted by Gasteiger charge is -2.35. The number of thiazole rings is 1. The number of aliphatic hydroxyl groups is 1. The molecule has 5 N–H and O–H groups in total. The Kier molecular flexibility index (Phi) is 15.2. The number of nitrogens with one attached hydrogen (secondary N) is 4. The first-order valence-corrected chi connectivity index (χ1v) is 26.4. The minimum Gasteiger partial charge on any atom is -0.480 e. The highest BCUT2D eigenvalue weighted by Crippen LogP contribution is 2.34. The van der Waals surface area contributed by atoms with Crippen LogP contribution in [0.5, 0.6) is 5.88 Å². The molecule has 0 spiro atoms. The van der Waals surface area contributed by atoms with Gasteiger partial charge in [-0.3, -0.25) is 28.3 Å². The number of aryl methyl sites for hydroxylation is 1. The molecule has 3 atom stereocenters. The van der Waals surface area contributed by atoms with Gasteiger partial charge in [-0.05, 0) is 72.0 Å². The number of aliphatic hydroxyl groups excluding tert-OH is 1. The Hall–Kier alpha value is -8.48. The maximum absolute atomic E-state index is 14.5. The Morgan fingerprint density at radius 2 is 1.66 bits per heavy atom. The summed E-state index contributed by atoms with van der Waals surface area (Å²) in [7, 11) is -3.26. The van der Waals surface area contributed by atoms with E-state index in [1.807, 2.05) is 31.2 Å². The Labute approximate surface area is 444 Å². The summed E-state index contributed by atoms with van der Waals surface area (Å²) in [5.41, 5.74) is 6.15. The van der Waals surface area contributed by atoms with E-state index in [0.29, 0.717) is 34.1 Å². The summed E-state index contributed by atoms with van der Waals surface area (Å²) in [6, 6.07) is 19.1. The number of β-amino-alcohol motifs (C(OH)–C–C–N with tert-alkyl or cyclic N) is 1. The van der Waals surface area contributed by atoms with Crippen LogP contribution >= 0.6 is 11.3 Å². The number of carbonyl (C=O) groups is 4. The summed E-state index contributed by atoms with van der Waals surface area (Å²) in [5.74, 6) is -4.15. The third-order valence-corrected chi connectivity index (χ3v) is 15.1. The molecule has 77 heavy (non-hydrogen) atoms. The normalized spacial score (nSPS) is 15.0. The van der Waals surface area contributed by atoms with Crippen molar-refractivity contribution in [3.05, 3.63) is 137 Å². The number of rotatable bonds is 17. The monoisotopic (exact) mass is 1090 g/mol. The van der Waals surface area contributed by atoms with Crippen molar-refractivity contribution in [2.45, 2.75) is 70.2 Å². The van der Waals surface area contributed by atoms with Crippen LogP contribution in [0, 0.1) is 24.0 Å². The number of methoxy groups -OCH3 is 1. The van der Waals surface area contributed by atoms with Gasteiger partial charge in [-0.25, -0.2) is 32.2 Å². The van der Waals surface area contributed by atoms with Gasteiger partial charge in [0.2, 0.25) is 29.5 Å². The number of amides is 4. The average molecular weight is 1090 g/mol. The lowest BCUT2D eigenvalue weighted by molar-refractivity contribution is -0.144. The molecule has 0 radical (unpaired) electrons. The number of hydrogen-bond acceptors (Lipinski definition) is 15. The van der Waals surface area contributed by atoms with E-state index in [4.69, 9.17) is 9.15 Å². The van der Waals surface area contributed by atoms with Crippen LogP contribution in [-0.4, -0.2) is 110 Å². The van der Waals surface area contributed by atoms with Crippen LogP contribution in [0.1, 0.15) is 55.2 Å². The number of nitrogens with zero attached hydrogens (tertiary/aromatic N) is 7. The number of aromatic nitrogens is 6. The smallest absolute Gasteiger partial charge is 0.266 e. The molecule has 5 aromatic heterocycles. The van der Waals surface area contributed by atoms with E-state index in [9.17, 15) is 41.5 Å². The van der Waals surface area contributed by atoms with Crippen LogP contribution in [0.3, 0.4) is 0 Å². The van der Waals surface area contributed by atoms with E-state index in [2.05, 4.69) is 45.8 Å². The zero-order valence-electron chi connectivity index (χ0n) is 42.1. The summed E-state index contributed by atoms with van der Waals surface area (Å²) in [4.78, 5) is 69.1. The van der Waals surface area contributed by atoms with E-state index in [-0.39, 0.29) is 61.4 Å². The van der Waals surface area contributed by atoms with Gasteiger partial charge in [-0.15, -0.1) is 21.5 Å². The van der Waals surface area contributed by atoms with Gasteiger partial charge in [0.05, 0.1) is 35.5 Å². The zero-order valence-corrected chi connectivity index (χ0v) is 43.7. The number of fused-ring (bicyclic) bond motifs is 1. The molecule has 3 aromatic carbocycles. The van der Waals surface area contributed by atoms with Crippen LogP contribution in [-0.2, 0) is 31.0 Å². The van der Waals surface area contributed by atoms with E-state index >= 15 is 0 Å². The topological polar surface area (TPSA) is 265 Å². The number of likely N-dealkylation sites (tertiary alicyclic amines) is 1. The molecular weight excluding hydrogens is 1040 g/mol. The Morgan fingerprint density at radius 1 is 0.896 bits per heavy atom. The first kappa shape index (κ1) is 53.3. The molecule has 398 valence electrons. The maximum Gasteiger partial charge on any atom is 0.266 e. The van der Waals surface area contributed by atoms with Gasteiger partial charge in [0.25, 0.3) is 21.8 Å². The van der Waals surface area contributed by atoms with E-state index in [0.717, 1.165) is 33.8 Å². The molecule has 24 heteroatoms. The second-order valence-corrected chi connectivity index (χ2v) is 21.7. The second kappa shape index (κ2) is 22.0. The number of hydrogen-bond donors (Lipinski definition) is 5. The summed E-state index contributed by atoms with van der Waals surface area (Å²) >= 11 is 1.55. The van der Waals surface area contributed by atoms with Crippen LogP contribution in [0.15, 0.2) is 118 Å².